The zero-order valence-corrected chi connectivity index (χ0v) is 10.9. The van der Waals surface area contributed by atoms with Crippen molar-refractivity contribution in [1.82, 2.24) is 14.3 Å². The average Bonchev–Trinajstić information content (AvgIpc) is 2.67. The highest BCUT2D eigenvalue weighted by Crippen LogP contribution is 2.33. The van der Waals surface area contributed by atoms with Gasteiger partial charge in [0.1, 0.15) is 10.9 Å². The van der Waals surface area contributed by atoms with E-state index in [0.717, 1.165) is 0 Å². The lowest BCUT2D eigenvalue weighted by molar-refractivity contribution is 0.0696. The number of hydrogen-bond acceptors (Lipinski definition) is 6. The zero-order valence-electron chi connectivity index (χ0n) is 8.55. The van der Waals surface area contributed by atoms with Crippen LogP contribution in [0.25, 0.3) is 0 Å². The van der Waals surface area contributed by atoms with Crippen molar-refractivity contribution in [2.45, 2.75) is 16.3 Å². The Bertz CT molecular complexity index is 573. The van der Waals surface area contributed by atoms with Crippen LogP contribution in [0.15, 0.2) is 21.6 Å². The number of aromatic carboxylic acids is 1. The second-order valence-electron chi connectivity index (χ2n) is 2.99. The van der Waals surface area contributed by atoms with Crippen molar-refractivity contribution < 1.29 is 9.90 Å². The normalized spacial score (nSPS) is 10.5. The molecule has 2 heterocycles. The Kier molecular flexibility index (Phi) is 3.60. The Morgan fingerprint density at radius 1 is 1.59 bits per heavy atom. The van der Waals surface area contributed by atoms with Gasteiger partial charge >= 0.3 is 5.97 Å². The lowest BCUT2D eigenvalue weighted by atomic mass is 10.3. The minimum absolute atomic E-state index is 0.0328. The molecule has 0 saturated carbocycles. The van der Waals surface area contributed by atoms with E-state index in [2.05, 4.69) is 14.3 Å². The average molecular weight is 288 g/mol. The molecule has 0 bridgehead atoms. The molecule has 0 aliphatic rings. The summed E-state index contributed by atoms with van der Waals surface area (Å²) >= 11 is 8.38. The van der Waals surface area contributed by atoms with E-state index in [0.29, 0.717) is 15.2 Å². The van der Waals surface area contributed by atoms with Gasteiger partial charge in [-0.1, -0.05) is 11.6 Å². The number of rotatable bonds is 3. The smallest absolute Gasteiger partial charge is 0.337 e. The Labute approximate surface area is 110 Å². The van der Waals surface area contributed by atoms with Gasteiger partial charge < -0.3 is 5.11 Å². The Balaban J connectivity index is 2.33. The van der Waals surface area contributed by atoms with Gasteiger partial charge in [-0.05, 0) is 36.3 Å². The van der Waals surface area contributed by atoms with Crippen LogP contribution >= 0.6 is 34.9 Å². The number of hydrogen-bond donors (Lipinski definition) is 1. The van der Waals surface area contributed by atoms with E-state index in [4.69, 9.17) is 16.7 Å². The summed E-state index contributed by atoms with van der Waals surface area (Å²) in [7, 11) is 0. The van der Waals surface area contributed by atoms with Crippen LogP contribution in [0, 0.1) is 6.92 Å². The van der Waals surface area contributed by atoms with E-state index in [1.807, 2.05) is 0 Å². The molecule has 2 rings (SSSR count). The van der Waals surface area contributed by atoms with Crippen molar-refractivity contribution >= 4 is 40.9 Å². The largest absolute Gasteiger partial charge is 0.478 e. The van der Waals surface area contributed by atoms with Crippen LogP contribution in [0.3, 0.4) is 0 Å². The molecule has 8 heteroatoms. The number of aryl methyl sites for hydroxylation is 1. The minimum atomic E-state index is -1.08. The fraction of sp³-hybridized carbons (Fsp3) is 0.111. The van der Waals surface area contributed by atoms with Crippen LogP contribution in [0.2, 0.25) is 5.02 Å². The Hall–Kier alpha value is -1.18. The van der Waals surface area contributed by atoms with Gasteiger partial charge in [0.15, 0.2) is 4.34 Å². The lowest BCUT2D eigenvalue weighted by Gasteiger charge is -2.02. The lowest BCUT2D eigenvalue weighted by Crippen LogP contribution is -1.99. The molecule has 0 fully saturated rings. The summed E-state index contributed by atoms with van der Waals surface area (Å²) in [6, 6.07) is 1.36. The monoisotopic (exact) mass is 287 g/mol. The number of carboxylic acid groups (broad SMARTS) is 1. The number of nitrogens with zero attached hydrogens (tertiary/aromatic N) is 3. The predicted molar refractivity (Wildman–Crippen MR) is 65.0 cm³/mol. The first-order chi connectivity index (χ1) is 8.08. The molecule has 0 spiro atoms. The molecule has 0 amide bonds. The molecule has 88 valence electrons. The van der Waals surface area contributed by atoms with Crippen molar-refractivity contribution in [1.29, 1.82) is 0 Å². The maximum absolute atomic E-state index is 10.9. The van der Waals surface area contributed by atoms with Gasteiger partial charge in [0.25, 0.3) is 0 Å². The van der Waals surface area contributed by atoms with Gasteiger partial charge in [-0.15, -0.1) is 0 Å². The number of carbonyl (C=O) groups is 1. The second kappa shape index (κ2) is 4.99. The molecule has 0 aliphatic carbocycles. The van der Waals surface area contributed by atoms with E-state index < -0.39 is 5.97 Å². The maximum atomic E-state index is 10.9. The molecule has 0 atom stereocenters. The van der Waals surface area contributed by atoms with E-state index in [-0.39, 0.29) is 10.6 Å². The van der Waals surface area contributed by atoms with Crippen molar-refractivity contribution in [2.75, 3.05) is 0 Å². The molecule has 1 N–H and O–H groups in total. The summed E-state index contributed by atoms with van der Waals surface area (Å²) in [5.74, 6) is -0.407. The van der Waals surface area contributed by atoms with Crippen molar-refractivity contribution in [3.05, 3.63) is 28.7 Å². The molecule has 17 heavy (non-hydrogen) atoms. The van der Waals surface area contributed by atoms with Crippen LogP contribution in [-0.2, 0) is 0 Å². The van der Waals surface area contributed by atoms with Gasteiger partial charge in [0.2, 0.25) is 0 Å². The standard InChI is InChI=1S/C9H6ClN3O2S2/c1-4-12-9(17-13-4)16-7-6(10)5(8(14)15)2-3-11-7/h2-3H,1H3,(H,14,15). The van der Waals surface area contributed by atoms with Crippen LogP contribution in [0.4, 0.5) is 0 Å². The minimum Gasteiger partial charge on any atom is -0.478 e. The first-order valence-electron chi connectivity index (χ1n) is 4.44. The third kappa shape index (κ3) is 2.74. The molecule has 0 unspecified atom stereocenters. The maximum Gasteiger partial charge on any atom is 0.337 e. The molecule has 0 radical (unpaired) electrons. The van der Waals surface area contributed by atoms with Gasteiger partial charge in [0, 0.05) is 6.20 Å². The van der Waals surface area contributed by atoms with Gasteiger partial charge in [-0.2, -0.15) is 4.37 Å². The molecule has 5 nitrogen and oxygen atoms in total. The number of halogens is 1. The van der Waals surface area contributed by atoms with Gasteiger partial charge in [-0.3, -0.25) is 0 Å². The second-order valence-corrected chi connectivity index (χ2v) is 5.36. The number of aromatic nitrogens is 3. The zero-order chi connectivity index (χ0) is 12.4. The van der Waals surface area contributed by atoms with E-state index >= 15 is 0 Å². The van der Waals surface area contributed by atoms with E-state index in [1.54, 1.807) is 6.92 Å². The van der Waals surface area contributed by atoms with Gasteiger partial charge in [0.05, 0.1) is 10.6 Å². The number of carboxylic acids is 1. The van der Waals surface area contributed by atoms with E-state index in [1.165, 1.54) is 35.6 Å². The summed E-state index contributed by atoms with van der Waals surface area (Å²) in [4.78, 5) is 19.1. The highest BCUT2D eigenvalue weighted by atomic mass is 35.5. The van der Waals surface area contributed by atoms with Crippen molar-refractivity contribution in [2.24, 2.45) is 0 Å². The molecule has 2 aromatic rings. The Morgan fingerprint density at radius 2 is 2.35 bits per heavy atom. The van der Waals surface area contributed by atoms with Crippen LogP contribution in [0.5, 0.6) is 0 Å². The topological polar surface area (TPSA) is 76.0 Å². The highest BCUT2D eigenvalue weighted by molar-refractivity contribution is 8.01. The molecule has 0 saturated heterocycles. The fourth-order valence-corrected chi connectivity index (χ4v) is 2.95. The Morgan fingerprint density at radius 3 is 2.94 bits per heavy atom. The highest BCUT2D eigenvalue weighted by Gasteiger charge is 2.15. The van der Waals surface area contributed by atoms with Crippen molar-refractivity contribution in [3.8, 4) is 0 Å². The molecule has 2 aromatic heterocycles. The molecule has 0 aromatic carbocycles. The van der Waals surface area contributed by atoms with E-state index in [9.17, 15) is 4.79 Å². The first kappa shape index (κ1) is 12.3. The summed E-state index contributed by atoms with van der Waals surface area (Å²) in [6.45, 7) is 1.78. The molecular weight excluding hydrogens is 282 g/mol. The first-order valence-corrected chi connectivity index (χ1v) is 6.40. The molecule has 0 aliphatic heterocycles. The van der Waals surface area contributed by atoms with Crippen LogP contribution < -0.4 is 0 Å². The van der Waals surface area contributed by atoms with Crippen LogP contribution in [0.1, 0.15) is 16.2 Å². The third-order valence-electron chi connectivity index (χ3n) is 1.78. The summed E-state index contributed by atoms with van der Waals surface area (Å²) in [5.41, 5.74) is 0.0328. The third-order valence-corrected chi connectivity index (χ3v) is 4.12. The summed E-state index contributed by atoms with van der Waals surface area (Å²) < 4.78 is 4.70. The van der Waals surface area contributed by atoms with Crippen LogP contribution in [-0.4, -0.2) is 25.4 Å². The molecular formula is C9H6ClN3O2S2. The predicted octanol–water partition coefficient (Wildman–Crippen LogP) is 2.74. The summed E-state index contributed by atoms with van der Waals surface area (Å²) in [6.07, 6.45) is 1.41. The fourth-order valence-electron chi connectivity index (χ4n) is 1.06. The van der Waals surface area contributed by atoms with Crippen molar-refractivity contribution in [3.63, 3.8) is 0 Å². The quantitative estimate of drug-likeness (QED) is 0.935. The summed E-state index contributed by atoms with van der Waals surface area (Å²) in [5, 5.41) is 9.46. The SMILES string of the molecule is Cc1nsc(Sc2nccc(C(=O)O)c2Cl)n1. The van der Waals surface area contributed by atoms with Gasteiger partial charge in [-0.25, -0.2) is 14.8 Å². The number of pyridine rings is 1.